The van der Waals surface area contributed by atoms with Crippen LogP contribution in [-0.4, -0.2) is 70.6 Å². The van der Waals surface area contributed by atoms with Crippen molar-refractivity contribution in [2.24, 2.45) is 0 Å². The molecule has 0 radical (unpaired) electrons. The third-order valence-corrected chi connectivity index (χ3v) is 8.12. The van der Waals surface area contributed by atoms with Crippen LogP contribution in [0.4, 0.5) is 11.4 Å². The Kier molecular flexibility index (Phi) is 5.50. The lowest BCUT2D eigenvalue weighted by molar-refractivity contribution is -0.401. The number of piperazine rings is 1. The van der Waals surface area contributed by atoms with Crippen LogP contribution in [0, 0.1) is 0 Å². The smallest absolute Gasteiger partial charge is 0.209 e. The van der Waals surface area contributed by atoms with E-state index in [2.05, 4.69) is 134 Å². The number of allylic oxidation sites excluding steroid dienone is 2. The lowest BCUT2D eigenvalue weighted by Gasteiger charge is -2.33. The summed E-state index contributed by atoms with van der Waals surface area (Å²) in [7, 11) is 4.38. The summed E-state index contributed by atoms with van der Waals surface area (Å²) in [6.07, 6.45) is 9.27. The zero-order valence-corrected chi connectivity index (χ0v) is 21.5. The maximum absolute atomic E-state index is 2.46. The summed E-state index contributed by atoms with van der Waals surface area (Å²) in [4.78, 5) is 4.91. The molecule has 0 unspecified atom stereocenters. The van der Waals surface area contributed by atoms with Gasteiger partial charge in [-0.1, -0.05) is 36.4 Å². The van der Waals surface area contributed by atoms with Gasteiger partial charge in [0.15, 0.2) is 11.4 Å². The topological polar surface area (TPSA) is 12.5 Å². The summed E-state index contributed by atoms with van der Waals surface area (Å²) >= 11 is 0. The van der Waals surface area contributed by atoms with Crippen molar-refractivity contribution in [3.05, 3.63) is 84.2 Å². The van der Waals surface area contributed by atoms with Crippen LogP contribution in [0.5, 0.6) is 0 Å². The summed E-state index contributed by atoms with van der Waals surface area (Å²) < 4.78 is 4.69. The minimum atomic E-state index is 0.0291. The van der Waals surface area contributed by atoms with Gasteiger partial charge in [0.1, 0.15) is 14.1 Å². The van der Waals surface area contributed by atoms with Crippen molar-refractivity contribution in [3.8, 4) is 0 Å². The van der Waals surface area contributed by atoms with Crippen molar-refractivity contribution in [3.63, 3.8) is 0 Å². The molecule has 0 bridgehead atoms. The van der Waals surface area contributed by atoms with E-state index >= 15 is 0 Å². The van der Waals surface area contributed by atoms with Crippen LogP contribution in [0.1, 0.15) is 38.8 Å². The molecular weight excluding hydrogens is 416 g/mol. The van der Waals surface area contributed by atoms with E-state index in [9.17, 15) is 0 Å². The summed E-state index contributed by atoms with van der Waals surface area (Å²) in [6.45, 7) is 13.5. The van der Waals surface area contributed by atoms with E-state index in [1.807, 2.05) is 0 Å². The zero-order chi connectivity index (χ0) is 24.1. The minimum absolute atomic E-state index is 0.0291. The summed E-state index contributed by atoms with van der Waals surface area (Å²) in [6, 6.07) is 17.5. The molecular formula is C30H38N4+2. The maximum atomic E-state index is 2.46. The quantitative estimate of drug-likeness (QED) is 0.600. The molecule has 4 heteroatoms. The van der Waals surface area contributed by atoms with Gasteiger partial charge in [-0.25, -0.2) is 0 Å². The molecule has 176 valence electrons. The molecule has 0 atom stereocenters. The van der Waals surface area contributed by atoms with Crippen molar-refractivity contribution in [1.82, 2.24) is 9.80 Å². The third-order valence-electron chi connectivity index (χ3n) is 8.12. The van der Waals surface area contributed by atoms with Gasteiger partial charge in [-0.2, -0.15) is 9.15 Å². The highest BCUT2D eigenvalue weighted by Gasteiger charge is 2.43. The van der Waals surface area contributed by atoms with Crippen molar-refractivity contribution < 1.29 is 9.15 Å². The third kappa shape index (κ3) is 3.60. The van der Waals surface area contributed by atoms with Gasteiger partial charge >= 0.3 is 0 Å². The fourth-order valence-corrected chi connectivity index (χ4v) is 5.99. The largest absolute Gasteiger partial charge is 0.374 e. The van der Waals surface area contributed by atoms with Crippen molar-refractivity contribution in [1.29, 1.82) is 0 Å². The Hall–Kier alpha value is -3.14. The maximum Gasteiger partial charge on any atom is 0.209 e. The summed E-state index contributed by atoms with van der Waals surface area (Å²) in [5, 5.41) is 0. The molecule has 3 aliphatic rings. The summed E-state index contributed by atoms with van der Waals surface area (Å²) in [5.74, 6) is 0. The standard InChI is InChI=1S/C30H38N4/c1-29(2)23-11-7-9-13-25(23)31(5)27(29)15-17-33-19-21-34(22-20-33)18-16-28-30(3,4)24-12-8-10-14-26(24)32(28)6/h7-18H,19-22H2,1-6H3/q+2. The first-order valence-corrected chi connectivity index (χ1v) is 12.5. The number of fused-ring (bicyclic) bond motifs is 2. The van der Waals surface area contributed by atoms with Crippen LogP contribution in [0.2, 0.25) is 0 Å². The van der Waals surface area contributed by atoms with Gasteiger partial charge < -0.3 is 9.80 Å². The predicted molar refractivity (Wildman–Crippen MR) is 142 cm³/mol. The lowest BCUT2D eigenvalue weighted by atomic mass is 9.81. The molecule has 2 aromatic carbocycles. The Bertz CT molecular complexity index is 1140. The molecule has 0 N–H and O–H groups in total. The van der Waals surface area contributed by atoms with Gasteiger partial charge in [-0.3, -0.25) is 0 Å². The fourth-order valence-electron chi connectivity index (χ4n) is 5.99. The van der Waals surface area contributed by atoms with E-state index in [-0.39, 0.29) is 10.8 Å². The second-order valence-corrected chi connectivity index (χ2v) is 10.9. The van der Waals surface area contributed by atoms with E-state index in [0.717, 1.165) is 26.2 Å². The van der Waals surface area contributed by atoms with E-state index in [0.29, 0.717) is 0 Å². The van der Waals surface area contributed by atoms with Crippen LogP contribution in [0.3, 0.4) is 0 Å². The predicted octanol–water partition coefficient (Wildman–Crippen LogP) is 5.04. The molecule has 0 spiro atoms. The molecule has 0 aromatic heterocycles. The molecule has 0 aliphatic carbocycles. The molecule has 1 fully saturated rings. The van der Waals surface area contributed by atoms with Crippen LogP contribution in [0.15, 0.2) is 73.1 Å². The number of rotatable bonds is 4. The second kappa shape index (κ2) is 8.26. The summed E-state index contributed by atoms with van der Waals surface area (Å²) in [5.41, 5.74) is 8.24. The minimum Gasteiger partial charge on any atom is -0.374 e. The zero-order valence-electron chi connectivity index (χ0n) is 21.5. The van der Waals surface area contributed by atoms with Gasteiger partial charge in [0, 0.05) is 74.0 Å². The monoisotopic (exact) mass is 454 g/mol. The van der Waals surface area contributed by atoms with Gasteiger partial charge in [0.2, 0.25) is 11.4 Å². The average Bonchev–Trinajstić information content (AvgIpc) is 3.15. The highest BCUT2D eigenvalue weighted by atomic mass is 15.2. The number of benzene rings is 2. The lowest BCUT2D eigenvalue weighted by Crippen LogP contribution is -2.41. The molecule has 2 aromatic rings. The Balaban J connectivity index is 1.24. The number of hydrogen-bond acceptors (Lipinski definition) is 2. The van der Waals surface area contributed by atoms with Crippen molar-refractivity contribution in [2.75, 3.05) is 40.3 Å². The SMILES string of the molecule is C[N+]1=C(C=CN2CCN(C=CC3=[N+](C)c4ccccc4C3(C)C)CC2)C(C)(C)c2ccccc21. The molecule has 34 heavy (non-hydrogen) atoms. The van der Waals surface area contributed by atoms with Gasteiger partial charge in [0.05, 0.1) is 10.8 Å². The normalized spacial score (nSPS) is 21.2. The van der Waals surface area contributed by atoms with Crippen molar-refractivity contribution >= 4 is 22.8 Å². The first-order valence-electron chi connectivity index (χ1n) is 12.5. The van der Waals surface area contributed by atoms with E-state index in [1.165, 1.54) is 33.9 Å². The first kappa shape index (κ1) is 22.6. The highest BCUT2D eigenvalue weighted by Crippen LogP contribution is 2.40. The Morgan fingerprint density at radius 2 is 0.971 bits per heavy atom. The molecule has 1 saturated heterocycles. The number of para-hydroxylation sites is 2. The molecule has 3 aliphatic heterocycles. The number of hydrogen-bond donors (Lipinski definition) is 0. The van der Waals surface area contributed by atoms with Crippen molar-refractivity contribution in [2.45, 2.75) is 38.5 Å². The van der Waals surface area contributed by atoms with Crippen LogP contribution >= 0.6 is 0 Å². The Morgan fingerprint density at radius 3 is 1.32 bits per heavy atom. The van der Waals surface area contributed by atoms with E-state index in [1.54, 1.807) is 0 Å². The first-order chi connectivity index (χ1) is 16.2. The van der Waals surface area contributed by atoms with E-state index < -0.39 is 0 Å². The molecule has 4 nitrogen and oxygen atoms in total. The Labute approximate surface area is 204 Å². The highest BCUT2D eigenvalue weighted by molar-refractivity contribution is 6.03. The molecule has 0 amide bonds. The molecule has 3 heterocycles. The number of nitrogens with zero attached hydrogens (tertiary/aromatic N) is 4. The second-order valence-electron chi connectivity index (χ2n) is 10.9. The van der Waals surface area contributed by atoms with Crippen LogP contribution in [0.25, 0.3) is 0 Å². The van der Waals surface area contributed by atoms with Gasteiger partial charge in [0.25, 0.3) is 0 Å². The van der Waals surface area contributed by atoms with Gasteiger partial charge in [-0.05, 0) is 27.7 Å². The Morgan fingerprint density at radius 1 is 0.618 bits per heavy atom. The fraction of sp³-hybridized carbons (Fsp3) is 0.400. The van der Waals surface area contributed by atoms with Gasteiger partial charge in [-0.15, -0.1) is 0 Å². The molecule has 0 saturated carbocycles. The van der Waals surface area contributed by atoms with Crippen LogP contribution < -0.4 is 0 Å². The van der Waals surface area contributed by atoms with E-state index in [4.69, 9.17) is 0 Å². The molecule has 5 rings (SSSR count). The van der Waals surface area contributed by atoms with Crippen LogP contribution in [-0.2, 0) is 10.8 Å². The average molecular weight is 455 g/mol.